The van der Waals surface area contributed by atoms with Crippen LogP contribution >= 0.6 is 0 Å². The average molecular weight is 301 g/mol. The molecular formula is C16H31NO2S. The Hall–Kier alpha value is -0.0900. The van der Waals surface area contributed by atoms with E-state index < -0.39 is 9.84 Å². The van der Waals surface area contributed by atoms with E-state index in [-0.39, 0.29) is 0 Å². The zero-order valence-corrected chi connectivity index (χ0v) is 13.9. The van der Waals surface area contributed by atoms with Gasteiger partial charge in [0.25, 0.3) is 0 Å². The van der Waals surface area contributed by atoms with Gasteiger partial charge in [0, 0.05) is 11.8 Å². The molecule has 3 atom stereocenters. The summed E-state index contributed by atoms with van der Waals surface area (Å²) in [4.78, 5) is 0. The highest BCUT2D eigenvalue weighted by Gasteiger charge is 2.31. The lowest BCUT2D eigenvalue weighted by Gasteiger charge is -2.35. The van der Waals surface area contributed by atoms with Gasteiger partial charge in [-0.15, -0.1) is 0 Å². The van der Waals surface area contributed by atoms with E-state index in [4.69, 9.17) is 0 Å². The summed E-state index contributed by atoms with van der Waals surface area (Å²) in [6, 6.07) is 0.763. The van der Waals surface area contributed by atoms with Crippen LogP contribution in [-0.4, -0.2) is 32.5 Å². The molecule has 0 heterocycles. The summed E-state index contributed by atoms with van der Waals surface area (Å²) in [5.41, 5.74) is 0. The zero-order chi connectivity index (χ0) is 14.6. The van der Waals surface area contributed by atoms with Crippen LogP contribution in [0.3, 0.4) is 0 Å². The molecule has 4 heteroatoms. The summed E-state index contributed by atoms with van der Waals surface area (Å²) in [5, 5.41) is 3.64. The summed E-state index contributed by atoms with van der Waals surface area (Å²) in [7, 11) is -2.81. The van der Waals surface area contributed by atoms with Crippen LogP contribution in [0.1, 0.15) is 58.8 Å². The smallest absolute Gasteiger partial charge is 0.150 e. The molecule has 0 aliphatic heterocycles. The predicted octanol–water partition coefficient (Wildman–Crippen LogP) is 3.01. The maximum Gasteiger partial charge on any atom is 0.150 e. The van der Waals surface area contributed by atoms with Crippen molar-refractivity contribution in [3.05, 3.63) is 0 Å². The van der Waals surface area contributed by atoms with Gasteiger partial charge in [0.1, 0.15) is 9.84 Å². The monoisotopic (exact) mass is 301 g/mol. The molecule has 2 fully saturated rings. The maximum atomic E-state index is 11.9. The number of hydrogen-bond donors (Lipinski definition) is 1. The standard InChI is InChI=1S/C16H31NO2S/c1-3-9-20(18,19)10-8-14-11-13(2)4-5-15(14)12-17-16-6-7-16/h13-17H,3-12H2,1-2H3. The van der Waals surface area contributed by atoms with Crippen molar-refractivity contribution in [2.45, 2.75) is 64.8 Å². The van der Waals surface area contributed by atoms with E-state index in [1.807, 2.05) is 6.92 Å². The van der Waals surface area contributed by atoms with Gasteiger partial charge in [0.15, 0.2) is 0 Å². The highest BCUT2D eigenvalue weighted by molar-refractivity contribution is 7.91. The topological polar surface area (TPSA) is 46.2 Å². The molecule has 0 radical (unpaired) electrons. The molecule has 2 saturated carbocycles. The number of sulfone groups is 1. The largest absolute Gasteiger partial charge is 0.314 e. The van der Waals surface area contributed by atoms with E-state index in [1.54, 1.807) is 0 Å². The molecule has 3 unspecified atom stereocenters. The summed E-state index contributed by atoms with van der Waals surface area (Å²) < 4.78 is 23.8. The first-order chi connectivity index (χ1) is 9.50. The molecule has 20 heavy (non-hydrogen) atoms. The molecule has 118 valence electrons. The van der Waals surface area contributed by atoms with E-state index in [0.29, 0.717) is 23.3 Å². The first-order valence-corrected chi connectivity index (χ1v) is 10.3. The fourth-order valence-corrected chi connectivity index (χ4v) is 5.02. The van der Waals surface area contributed by atoms with Crippen LogP contribution in [0.4, 0.5) is 0 Å². The summed E-state index contributed by atoms with van der Waals surface area (Å²) in [6.07, 6.45) is 8.10. The lowest BCUT2D eigenvalue weighted by Crippen LogP contribution is -2.34. The van der Waals surface area contributed by atoms with E-state index in [1.165, 1.54) is 32.1 Å². The second kappa shape index (κ2) is 7.26. The zero-order valence-electron chi connectivity index (χ0n) is 13.1. The quantitative estimate of drug-likeness (QED) is 0.749. The molecule has 2 rings (SSSR count). The number of rotatable bonds is 8. The van der Waals surface area contributed by atoms with Crippen molar-refractivity contribution in [2.24, 2.45) is 17.8 Å². The van der Waals surface area contributed by atoms with Gasteiger partial charge in [0.05, 0.1) is 5.75 Å². The highest BCUT2D eigenvalue weighted by atomic mass is 32.2. The van der Waals surface area contributed by atoms with Crippen molar-refractivity contribution >= 4 is 9.84 Å². The molecule has 0 aromatic rings. The van der Waals surface area contributed by atoms with Gasteiger partial charge in [-0.2, -0.15) is 0 Å². The van der Waals surface area contributed by atoms with Gasteiger partial charge < -0.3 is 5.32 Å². The van der Waals surface area contributed by atoms with Crippen LogP contribution in [0.25, 0.3) is 0 Å². The molecule has 1 N–H and O–H groups in total. The summed E-state index contributed by atoms with van der Waals surface area (Å²) >= 11 is 0. The Morgan fingerprint density at radius 2 is 1.80 bits per heavy atom. The van der Waals surface area contributed by atoms with Crippen LogP contribution < -0.4 is 5.32 Å². The minimum absolute atomic E-state index is 0.361. The summed E-state index contributed by atoms with van der Waals surface area (Å²) in [5.74, 6) is 2.84. The van der Waals surface area contributed by atoms with Crippen LogP contribution in [0, 0.1) is 17.8 Å². The average Bonchev–Trinajstić information content (AvgIpc) is 3.19. The van der Waals surface area contributed by atoms with Gasteiger partial charge in [-0.3, -0.25) is 0 Å². The SMILES string of the molecule is CCCS(=O)(=O)CCC1CC(C)CCC1CNC1CC1. The predicted molar refractivity (Wildman–Crippen MR) is 84.6 cm³/mol. The van der Waals surface area contributed by atoms with Crippen LogP contribution in [0.2, 0.25) is 0 Å². The Labute approximate surface area is 124 Å². The maximum absolute atomic E-state index is 11.9. The lowest BCUT2D eigenvalue weighted by atomic mass is 9.73. The van der Waals surface area contributed by atoms with Crippen molar-refractivity contribution in [2.75, 3.05) is 18.1 Å². The van der Waals surface area contributed by atoms with Crippen molar-refractivity contribution in [3.8, 4) is 0 Å². The Kier molecular flexibility index (Phi) is 5.91. The Morgan fingerprint density at radius 3 is 2.45 bits per heavy atom. The Morgan fingerprint density at radius 1 is 1.05 bits per heavy atom. The van der Waals surface area contributed by atoms with Crippen molar-refractivity contribution < 1.29 is 8.42 Å². The third-order valence-electron chi connectivity index (χ3n) is 4.96. The molecule has 0 amide bonds. The van der Waals surface area contributed by atoms with E-state index in [2.05, 4.69) is 12.2 Å². The minimum atomic E-state index is -2.81. The van der Waals surface area contributed by atoms with Gasteiger partial charge in [0.2, 0.25) is 0 Å². The molecule has 2 aliphatic rings. The van der Waals surface area contributed by atoms with Crippen LogP contribution in [-0.2, 0) is 9.84 Å². The second-order valence-corrected chi connectivity index (χ2v) is 9.37. The number of nitrogens with one attached hydrogen (secondary N) is 1. The molecule has 0 saturated heterocycles. The Balaban J connectivity index is 1.83. The molecular weight excluding hydrogens is 270 g/mol. The third-order valence-corrected chi connectivity index (χ3v) is 6.85. The van der Waals surface area contributed by atoms with Crippen LogP contribution in [0.5, 0.6) is 0 Å². The van der Waals surface area contributed by atoms with Gasteiger partial charge in [-0.1, -0.05) is 20.3 Å². The molecule has 0 aromatic carbocycles. The van der Waals surface area contributed by atoms with Crippen molar-refractivity contribution in [1.82, 2.24) is 5.32 Å². The van der Waals surface area contributed by atoms with Gasteiger partial charge in [-0.25, -0.2) is 8.42 Å². The van der Waals surface area contributed by atoms with E-state index in [9.17, 15) is 8.42 Å². The van der Waals surface area contributed by atoms with Crippen molar-refractivity contribution in [3.63, 3.8) is 0 Å². The van der Waals surface area contributed by atoms with Gasteiger partial charge >= 0.3 is 0 Å². The first-order valence-electron chi connectivity index (χ1n) is 8.44. The first kappa shape index (κ1) is 16.3. The molecule has 0 spiro atoms. The molecule has 0 aromatic heterocycles. The van der Waals surface area contributed by atoms with E-state index in [0.717, 1.165) is 31.3 Å². The third kappa shape index (κ3) is 5.36. The number of hydrogen-bond acceptors (Lipinski definition) is 3. The highest BCUT2D eigenvalue weighted by Crippen LogP contribution is 2.36. The fourth-order valence-electron chi connectivity index (χ4n) is 3.53. The van der Waals surface area contributed by atoms with Crippen LogP contribution in [0.15, 0.2) is 0 Å². The normalized spacial score (nSPS) is 31.4. The van der Waals surface area contributed by atoms with E-state index >= 15 is 0 Å². The molecule has 2 aliphatic carbocycles. The van der Waals surface area contributed by atoms with Gasteiger partial charge in [-0.05, 0) is 62.8 Å². The lowest BCUT2D eigenvalue weighted by molar-refractivity contribution is 0.180. The minimum Gasteiger partial charge on any atom is -0.314 e. The van der Waals surface area contributed by atoms with Crippen molar-refractivity contribution in [1.29, 1.82) is 0 Å². The summed E-state index contributed by atoms with van der Waals surface area (Å²) in [6.45, 7) is 5.37. The molecule has 0 bridgehead atoms. The Bertz CT molecular complexity index is 389. The second-order valence-electron chi connectivity index (χ2n) is 7.06. The fraction of sp³-hybridized carbons (Fsp3) is 1.00. The molecule has 3 nitrogen and oxygen atoms in total.